The van der Waals surface area contributed by atoms with Crippen molar-refractivity contribution in [2.75, 3.05) is 13.2 Å². The van der Waals surface area contributed by atoms with Gasteiger partial charge in [0, 0.05) is 33.6 Å². The molecule has 258 valence electrons. The van der Waals surface area contributed by atoms with Crippen LogP contribution in [0.1, 0.15) is 24.2 Å². The largest absolute Gasteiger partial charge is 0.494 e. The highest BCUT2D eigenvalue weighted by Gasteiger charge is 2.16. The van der Waals surface area contributed by atoms with Crippen LogP contribution in [0.5, 0.6) is 11.5 Å². The van der Waals surface area contributed by atoms with Crippen molar-refractivity contribution in [1.82, 2.24) is 40.0 Å². The van der Waals surface area contributed by atoms with Crippen molar-refractivity contribution in [3.63, 3.8) is 0 Å². The monoisotopic (exact) mass is 726 g/mol. The van der Waals surface area contributed by atoms with Gasteiger partial charge in [0.25, 0.3) is 0 Å². The Kier molecular flexibility index (Phi) is 9.24. The zero-order valence-corrected chi connectivity index (χ0v) is 29.9. The summed E-state index contributed by atoms with van der Waals surface area (Å²) in [5.74, 6) is 1.58. The van der Waals surface area contributed by atoms with Gasteiger partial charge in [0.2, 0.25) is 0 Å². The predicted octanol–water partition coefficient (Wildman–Crippen LogP) is 9.44. The van der Waals surface area contributed by atoms with Crippen molar-refractivity contribution in [3.05, 3.63) is 131 Å². The topological polar surface area (TPSA) is 106 Å². The molecule has 4 aromatic carbocycles. The third kappa shape index (κ3) is 6.90. The summed E-state index contributed by atoms with van der Waals surface area (Å²) in [5.41, 5.74) is 8.24. The van der Waals surface area contributed by atoms with E-state index >= 15 is 0 Å². The minimum absolute atomic E-state index is 0.577. The average Bonchev–Trinajstić information content (AvgIpc) is 3.82. The fourth-order valence-corrected chi connectivity index (χ4v) is 6.38. The third-order valence-electron chi connectivity index (χ3n) is 8.70. The number of hydrogen-bond acceptors (Lipinski definition) is 8. The molecule has 0 bridgehead atoms. The van der Waals surface area contributed by atoms with E-state index < -0.39 is 0 Å². The van der Waals surface area contributed by atoms with Crippen LogP contribution in [0.15, 0.2) is 109 Å². The molecule has 0 N–H and O–H groups in total. The normalized spacial score (nSPS) is 11.4. The van der Waals surface area contributed by atoms with Gasteiger partial charge < -0.3 is 9.47 Å². The highest BCUT2D eigenvalue weighted by atomic mass is 35.5. The van der Waals surface area contributed by atoms with Gasteiger partial charge >= 0.3 is 0 Å². The zero-order chi connectivity index (χ0) is 35.6. The first kappa shape index (κ1) is 33.3. The van der Waals surface area contributed by atoms with Gasteiger partial charge in [-0.25, -0.2) is 9.36 Å². The summed E-state index contributed by atoms with van der Waals surface area (Å²) in [6.45, 7) is 4.97. The number of aryl methyl sites for hydroxylation is 2. The van der Waals surface area contributed by atoms with E-state index in [1.54, 1.807) is 0 Å². The molecule has 12 heteroatoms. The van der Waals surface area contributed by atoms with Gasteiger partial charge in [0.1, 0.15) is 33.9 Å². The number of rotatable bonds is 11. The van der Waals surface area contributed by atoms with Crippen LogP contribution in [0.4, 0.5) is 0 Å². The Labute approximate surface area is 309 Å². The van der Waals surface area contributed by atoms with Crippen molar-refractivity contribution in [1.29, 1.82) is 0 Å². The predicted molar refractivity (Wildman–Crippen MR) is 204 cm³/mol. The Morgan fingerprint density at radius 1 is 0.538 bits per heavy atom. The van der Waals surface area contributed by atoms with Crippen LogP contribution in [0.3, 0.4) is 0 Å². The number of aromatic nitrogens is 8. The minimum atomic E-state index is 0.577. The molecule has 0 aliphatic rings. The lowest BCUT2D eigenvalue weighted by Gasteiger charge is -2.09. The summed E-state index contributed by atoms with van der Waals surface area (Å²) in [6.07, 6.45) is 5.63. The van der Waals surface area contributed by atoms with E-state index in [-0.39, 0.29) is 0 Å². The quantitative estimate of drug-likeness (QED) is 0.121. The summed E-state index contributed by atoms with van der Waals surface area (Å²) < 4.78 is 15.7. The van der Waals surface area contributed by atoms with E-state index in [0.29, 0.717) is 23.3 Å². The summed E-state index contributed by atoms with van der Waals surface area (Å²) in [7, 11) is 0. The zero-order valence-electron chi connectivity index (χ0n) is 28.4. The second-order valence-electron chi connectivity index (χ2n) is 12.4. The van der Waals surface area contributed by atoms with Gasteiger partial charge in [-0.1, -0.05) is 35.3 Å². The molecule has 4 heterocycles. The Bertz CT molecular complexity index is 2350. The lowest BCUT2D eigenvalue weighted by molar-refractivity contribution is 0.266. The fraction of sp³-hybridized carbons (Fsp3) is 0.150. The molecule has 0 spiro atoms. The van der Waals surface area contributed by atoms with Crippen LogP contribution in [0.2, 0.25) is 10.0 Å². The van der Waals surface area contributed by atoms with E-state index in [2.05, 4.69) is 20.4 Å². The molecule has 0 atom stereocenters. The number of hydrogen-bond donors (Lipinski definition) is 0. The molecule has 0 saturated carbocycles. The maximum Gasteiger partial charge on any atom is 0.119 e. The summed E-state index contributed by atoms with van der Waals surface area (Å²) in [6, 6.07) is 31.0. The number of halogens is 2. The van der Waals surface area contributed by atoms with E-state index in [1.807, 2.05) is 133 Å². The average molecular weight is 728 g/mol. The number of unbranched alkanes of at least 4 members (excludes halogenated alkanes) is 1. The summed E-state index contributed by atoms with van der Waals surface area (Å²) in [4.78, 5) is 0. The Morgan fingerprint density at radius 3 is 1.37 bits per heavy atom. The molecule has 0 amide bonds. The van der Waals surface area contributed by atoms with Gasteiger partial charge in [-0.15, -0.1) is 10.2 Å². The summed E-state index contributed by atoms with van der Waals surface area (Å²) in [5, 5.41) is 30.4. The summed E-state index contributed by atoms with van der Waals surface area (Å²) >= 11 is 12.4. The van der Waals surface area contributed by atoms with E-state index in [4.69, 9.17) is 42.9 Å². The molecule has 4 aromatic heterocycles. The first-order valence-electron chi connectivity index (χ1n) is 16.8. The maximum absolute atomic E-state index is 6.22. The minimum Gasteiger partial charge on any atom is -0.494 e. The number of benzene rings is 4. The smallest absolute Gasteiger partial charge is 0.119 e. The second-order valence-corrected chi connectivity index (χ2v) is 13.2. The van der Waals surface area contributed by atoms with Crippen LogP contribution < -0.4 is 9.47 Å². The molecule has 0 saturated heterocycles. The van der Waals surface area contributed by atoms with Crippen molar-refractivity contribution in [2.24, 2.45) is 0 Å². The Balaban J connectivity index is 0.848. The van der Waals surface area contributed by atoms with Crippen LogP contribution in [0.25, 0.3) is 55.7 Å². The maximum atomic E-state index is 6.22. The molecule has 10 nitrogen and oxygen atoms in total. The highest BCUT2D eigenvalue weighted by Crippen LogP contribution is 2.31. The lowest BCUT2D eigenvalue weighted by atomic mass is 10.1. The van der Waals surface area contributed by atoms with Gasteiger partial charge in [-0.3, -0.25) is 0 Å². The SMILES string of the molecule is Cc1nnc(-c2ccc(OCCCCOc3ccc(-c4nnc(C)c5nn(-c6cccc(Cl)c6)cc45)cc3)cc2)c2cn(-c3cccc(Cl)c3)nc12. The van der Waals surface area contributed by atoms with Crippen molar-refractivity contribution < 1.29 is 9.47 Å². The highest BCUT2D eigenvalue weighted by molar-refractivity contribution is 6.31. The van der Waals surface area contributed by atoms with Crippen molar-refractivity contribution >= 4 is 45.0 Å². The number of nitrogens with zero attached hydrogens (tertiary/aromatic N) is 8. The number of fused-ring (bicyclic) bond motifs is 2. The van der Waals surface area contributed by atoms with Crippen molar-refractivity contribution in [3.8, 4) is 45.4 Å². The number of ether oxygens (including phenoxy) is 2. The standard InChI is InChI=1S/C40H32Cl2N8O2/c1-25-37-35(23-49(47-37)31-9-5-7-29(41)21-31)39(45-43-25)27-11-15-33(16-12-27)51-19-3-4-20-52-34-17-13-28(14-18-34)40-36-24-50(32-10-6-8-30(42)22-32)48-38(36)26(2)44-46-40/h5-18,21-24H,3-4,19-20H2,1-2H3. The molecule has 0 aliphatic heterocycles. The van der Waals surface area contributed by atoms with Gasteiger partial charge in [0.15, 0.2) is 0 Å². The molecular formula is C40H32Cl2N8O2. The Hall–Kier alpha value is -5.84. The molecule has 0 unspecified atom stereocenters. The Morgan fingerprint density at radius 2 is 0.962 bits per heavy atom. The molecule has 52 heavy (non-hydrogen) atoms. The second kappa shape index (κ2) is 14.4. The van der Waals surface area contributed by atoms with Crippen LogP contribution >= 0.6 is 23.2 Å². The third-order valence-corrected chi connectivity index (χ3v) is 9.17. The van der Waals surface area contributed by atoms with Crippen LogP contribution in [-0.4, -0.2) is 53.2 Å². The van der Waals surface area contributed by atoms with E-state index in [0.717, 1.165) is 91.4 Å². The van der Waals surface area contributed by atoms with E-state index in [1.165, 1.54) is 0 Å². The van der Waals surface area contributed by atoms with Gasteiger partial charge in [-0.05, 0) is 112 Å². The molecule has 0 aliphatic carbocycles. The fourth-order valence-electron chi connectivity index (χ4n) is 6.01. The van der Waals surface area contributed by atoms with Crippen LogP contribution in [0, 0.1) is 13.8 Å². The molecular weight excluding hydrogens is 695 g/mol. The molecule has 8 rings (SSSR count). The van der Waals surface area contributed by atoms with Gasteiger partial charge in [-0.2, -0.15) is 20.4 Å². The first-order valence-corrected chi connectivity index (χ1v) is 17.6. The molecule has 0 radical (unpaired) electrons. The van der Waals surface area contributed by atoms with Crippen molar-refractivity contribution in [2.45, 2.75) is 26.7 Å². The van der Waals surface area contributed by atoms with Crippen LogP contribution in [-0.2, 0) is 0 Å². The first-order chi connectivity index (χ1) is 25.4. The molecule has 8 aromatic rings. The molecule has 0 fully saturated rings. The van der Waals surface area contributed by atoms with Gasteiger partial charge in [0.05, 0.1) is 46.7 Å². The lowest BCUT2D eigenvalue weighted by Crippen LogP contribution is -2.02. The van der Waals surface area contributed by atoms with E-state index in [9.17, 15) is 0 Å².